The van der Waals surface area contributed by atoms with Crippen molar-refractivity contribution in [1.82, 2.24) is 25.0 Å². The second-order valence-electron chi connectivity index (χ2n) is 5.86. The zero-order valence-electron chi connectivity index (χ0n) is 13.5. The third-order valence-corrected chi connectivity index (χ3v) is 3.86. The van der Waals surface area contributed by atoms with Crippen LogP contribution in [0.15, 0.2) is 47.4 Å². The molecule has 3 aromatic rings. The summed E-state index contributed by atoms with van der Waals surface area (Å²) in [7, 11) is 0. The Labute approximate surface area is 139 Å². The van der Waals surface area contributed by atoms with Gasteiger partial charge < -0.3 is 10.7 Å². The summed E-state index contributed by atoms with van der Waals surface area (Å²) in [5.41, 5.74) is 7.57. The highest BCUT2D eigenvalue weighted by atomic mass is 16.1. The van der Waals surface area contributed by atoms with E-state index >= 15 is 0 Å². The van der Waals surface area contributed by atoms with Crippen molar-refractivity contribution in [2.75, 3.05) is 5.73 Å². The molecular weight excluding hydrogens is 304 g/mol. The van der Waals surface area contributed by atoms with Crippen molar-refractivity contribution in [3.05, 3.63) is 70.0 Å². The summed E-state index contributed by atoms with van der Waals surface area (Å²) in [6.45, 7) is 2.76. The lowest BCUT2D eigenvalue weighted by atomic mass is 9.97. The van der Waals surface area contributed by atoms with Crippen LogP contribution in [0.3, 0.4) is 0 Å². The molecule has 0 saturated carbocycles. The molecule has 0 amide bonds. The number of aryl methyl sites for hydroxylation is 2. The molecule has 0 aliphatic heterocycles. The minimum Gasteiger partial charge on any atom is -0.383 e. The molecule has 3 rings (SSSR count). The van der Waals surface area contributed by atoms with Gasteiger partial charge in [0.1, 0.15) is 11.6 Å². The van der Waals surface area contributed by atoms with Crippen LogP contribution in [0.1, 0.15) is 29.9 Å². The SMILES string of the molecule is C[C@@H](Cc1cn(CCc2nc(N)cc(=O)[nH]2)nn1)c1ccccc1. The normalized spacial score (nSPS) is 12.2. The van der Waals surface area contributed by atoms with Gasteiger partial charge in [-0.05, 0) is 17.9 Å². The first-order valence-electron chi connectivity index (χ1n) is 7.90. The average molecular weight is 324 g/mol. The van der Waals surface area contributed by atoms with Crippen LogP contribution in [0.25, 0.3) is 0 Å². The van der Waals surface area contributed by atoms with Crippen LogP contribution in [-0.4, -0.2) is 25.0 Å². The molecule has 0 bridgehead atoms. The van der Waals surface area contributed by atoms with Crippen molar-refractivity contribution in [1.29, 1.82) is 0 Å². The minimum absolute atomic E-state index is 0.227. The molecule has 24 heavy (non-hydrogen) atoms. The van der Waals surface area contributed by atoms with Gasteiger partial charge in [0, 0.05) is 25.2 Å². The van der Waals surface area contributed by atoms with Crippen LogP contribution in [0.5, 0.6) is 0 Å². The van der Waals surface area contributed by atoms with Crippen LogP contribution in [0.2, 0.25) is 0 Å². The third kappa shape index (κ3) is 4.07. The van der Waals surface area contributed by atoms with Crippen LogP contribution in [0.4, 0.5) is 5.82 Å². The number of hydrogen-bond donors (Lipinski definition) is 2. The number of aromatic nitrogens is 5. The van der Waals surface area contributed by atoms with Gasteiger partial charge in [0.05, 0.1) is 5.69 Å². The van der Waals surface area contributed by atoms with Gasteiger partial charge in [-0.25, -0.2) is 4.98 Å². The monoisotopic (exact) mass is 324 g/mol. The van der Waals surface area contributed by atoms with Crippen LogP contribution >= 0.6 is 0 Å². The quantitative estimate of drug-likeness (QED) is 0.716. The van der Waals surface area contributed by atoms with E-state index in [9.17, 15) is 4.79 Å². The van der Waals surface area contributed by atoms with Crippen LogP contribution < -0.4 is 11.3 Å². The molecule has 0 saturated heterocycles. The molecule has 0 unspecified atom stereocenters. The summed E-state index contributed by atoms with van der Waals surface area (Å²) < 4.78 is 1.76. The van der Waals surface area contributed by atoms with Gasteiger partial charge >= 0.3 is 0 Å². The summed E-state index contributed by atoms with van der Waals surface area (Å²) in [5, 5.41) is 8.36. The molecule has 124 valence electrons. The van der Waals surface area contributed by atoms with Gasteiger partial charge in [-0.15, -0.1) is 5.10 Å². The largest absolute Gasteiger partial charge is 0.383 e. The zero-order valence-corrected chi connectivity index (χ0v) is 13.5. The first kappa shape index (κ1) is 15.9. The molecular formula is C17H20N6O. The van der Waals surface area contributed by atoms with E-state index in [2.05, 4.69) is 39.3 Å². The lowest BCUT2D eigenvalue weighted by molar-refractivity contribution is 0.576. The molecule has 3 N–H and O–H groups in total. The number of anilines is 1. The second kappa shape index (κ2) is 7.08. The average Bonchev–Trinajstić information content (AvgIpc) is 3.00. The number of rotatable bonds is 6. The fourth-order valence-corrected chi connectivity index (χ4v) is 2.62. The molecule has 0 aliphatic rings. The molecule has 7 heteroatoms. The summed E-state index contributed by atoms with van der Waals surface area (Å²) >= 11 is 0. The maximum atomic E-state index is 11.4. The fraction of sp³-hybridized carbons (Fsp3) is 0.294. The van der Waals surface area contributed by atoms with E-state index in [4.69, 9.17) is 5.73 Å². The topological polar surface area (TPSA) is 102 Å². The number of nitrogen functional groups attached to an aromatic ring is 1. The lowest BCUT2D eigenvalue weighted by Gasteiger charge is -2.09. The van der Waals surface area contributed by atoms with E-state index in [0.717, 1.165) is 12.1 Å². The molecule has 7 nitrogen and oxygen atoms in total. The van der Waals surface area contributed by atoms with E-state index in [1.165, 1.54) is 11.6 Å². The summed E-state index contributed by atoms with van der Waals surface area (Å²) in [4.78, 5) is 18.1. The maximum absolute atomic E-state index is 11.4. The van der Waals surface area contributed by atoms with Gasteiger partial charge in [-0.3, -0.25) is 9.48 Å². The number of hydrogen-bond acceptors (Lipinski definition) is 5. The summed E-state index contributed by atoms with van der Waals surface area (Å²) in [6.07, 6.45) is 3.30. The molecule has 0 spiro atoms. The van der Waals surface area contributed by atoms with Crippen LogP contribution in [-0.2, 0) is 19.4 Å². The predicted molar refractivity (Wildman–Crippen MR) is 91.6 cm³/mol. The Hall–Kier alpha value is -2.96. The third-order valence-electron chi connectivity index (χ3n) is 3.86. The minimum atomic E-state index is -0.242. The van der Waals surface area contributed by atoms with Crippen molar-refractivity contribution in [3.8, 4) is 0 Å². The highest BCUT2D eigenvalue weighted by molar-refractivity contribution is 5.25. The number of aromatic amines is 1. The highest BCUT2D eigenvalue weighted by Crippen LogP contribution is 2.18. The highest BCUT2D eigenvalue weighted by Gasteiger charge is 2.09. The second-order valence-corrected chi connectivity index (χ2v) is 5.86. The Balaban J connectivity index is 1.60. The number of nitrogens with zero attached hydrogens (tertiary/aromatic N) is 4. The van der Waals surface area contributed by atoms with E-state index in [-0.39, 0.29) is 11.4 Å². The van der Waals surface area contributed by atoms with Gasteiger partial charge in [0.2, 0.25) is 0 Å². The Kier molecular flexibility index (Phi) is 4.69. The number of benzene rings is 1. The van der Waals surface area contributed by atoms with E-state index in [1.54, 1.807) is 4.68 Å². The number of nitrogens with two attached hydrogens (primary N) is 1. The molecule has 0 radical (unpaired) electrons. The van der Waals surface area contributed by atoms with Gasteiger partial charge in [0.15, 0.2) is 0 Å². The molecule has 1 aromatic carbocycles. The van der Waals surface area contributed by atoms with E-state index < -0.39 is 0 Å². The maximum Gasteiger partial charge on any atom is 0.252 e. The molecule has 2 heterocycles. The van der Waals surface area contributed by atoms with Crippen LogP contribution in [0, 0.1) is 0 Å². The first-order valence-corrected chi connectivity index (χ1v) is 7.90. The van der Waals surface area contributed by atoms with Crippen molar-refractivity contribution >= 4 is 5.82 Å². The van der Waals surface area contributed by atoms with Crippen molar-refractivity contribution in [3.63, 3.8) is 0 Å². The van der Waals surface area contributed by atoms with Crippen molar-refractivity contribution < 1.29 is 0 Å². The van der Waals surface area contributed by atoms with Crippen molar-refractivity contribution in [2.45, 2.75) is 32.2 Å². The molecule has 1 atom stereocenters. The zero-order chi connectivity index (χ0) is 16.9. The smallest absolute Gasteiger partial charge is 0.252 e. The fourth-order valence-electron chi connectivity index (χ4n) is 2.62. The molecule has 0 fully saturated rings. The number of H-pyrrole nitrogens is 1. The Morgan fingerprint density at radius 1 is 1.29 bits per heavy atom. The summed E-state index contributed by atoms with van der Waals surface area (Å²) in [6, 6.07) is 11.6. The van der Waals surface area contributed by atoms with Gasteiger partial charge in [-0.1, -0.05) is 42.5 Å². The lowest BCUT2D eigenvalue weighted by Crippen LogP contribution is -2.14. The van der Waals surface area contributed by atoms with Gasteiger partial charge in [0.25, 0.3) is 5.56 Å². The van der Waals surface area contributed by atoms with E-state index in [1.807, 2.05) is 24.4 Å². The Morgan fingerprint density at radius 2 is 2.08 bits per heavy atom. The molecule has 0 aliphatic carbocycles. The predicted octanol–water partition coefficient (Wildman–Crippen LogP) is 1.53. The van der Waals surface area contributed by atoms with Crippen molar-refractivity contribution in [2.24, 2.45) is 0 Å². The van der Waals surface area contributed by atoms with Gasteiger partial charge in [-0.2, -0.15) is 0 Å². The number of nitrogens with one attached hydrogen (secondary N) is 1. The Bertz CT molecular complexity index is 855. The Morgan fingerprint density at radius 3 is 2.83 bits per heavy atom. The first-order chi connectivity index (χ1) is 11.6. The standard InChI is InChI=1S/C17H20N6O/c1-12(13-5-3-2-4-6-13)9-14-11-23(22-21-14)8-7-16-19-15(18)10-17(24)20-16/h2-6,10-12H,7-9H2,1H3,(H3,18,19,20,24)/t12-/m0/s1. The molecule has 2 aromatic heterocycles. The van der Waals surface area contributed by atoms with E-state index in [0.29, 0.717) is 24.7 Å². The summed E-state index contributed by atoms with van der Waals surface area (Å²) in [5.74, 6) is 1.16.